The molecule has 4 rings (SSSR count). The van der Waals surface area contributed by atoms with Gasteiger partial charge in [0, 0.05) is 37.3 Å². The molecule has 1 aromatic rings. The average molecular weight is 426 g/mol. The van der Waals surface area contributed by atoms with E-state index in [1.165, 1.54) is 6.42 Å². The van der Waals surface area contributed by atoms with Gasteiger partial charge in [-0.15, -0.1) is 0 Å². The first-order chi connectivity index (χ1) is 14.5. The lowest BCUT2D eigenvalue weighted by Crippen LogP contribution is -2.41. The van der Waals surface area contributed by atoms with Gasteiger partial charge in [-0.2, -0.15) is 0 Å². The SMILES string of the molecule is Cc1ccc(C)c(NC(=O)CN(CCC(=O)N2CC3(C)CC2CC(C)(C)C3)C2CC2)c1. The molecule has 5 heteroatoms. The van der Waals surface area contributed by atoms with Crippen molar-refractivity contribution in [1.82, 2.24) is 9.80 Å². The van der Waals surface area contributed by atoms with Crippen LogP contribution in [0, 0.1) is 24.7 Å². The predicted molar refractivity (Wildman–Crippen MR) is 125 cm³/mol. The fourth-order valence-corrected chi connectivity index (χ4v) is 6.21. The Morgan fingerprint density at radius 1 is 1.16 bits per heavy atom. The molecule has 0 spiro atoms. The molecule has 0 radical (unpaired) electrons. The number of amides is 2. The van der Waals surface area contributed by atoms with E-state index in [-0.39, 0.29) is 17.2 Å². The van der Waals surface area contributed by atoms with Crippen molar-refractivity contribution in [1.29, 1.82) is 0 Å². The first-order valence-electron chi connectivity index (χ1n) is 11.9. The second kappa shape index (κ2) is 8.23. The molecule has 31 heavy (non-hydrogen) atoms. The monoisotopic (exact) mass is 425 g/mol. The minimum atomic E-state index is 0.0133. The first kappa shape index (κ1) is 22.3. The lowest BCUT2D eigenvalue weighted by molar-refractivity contribution is -0.133. The molecule has 2 aliphatic carbocycles. The van der Waals surface area contributed by atoms with Crippen LogP contribution < -0.4 is 5.32 Å². The molecule has 2 atom stereocenters. The van der Waals surface area contributed by atoms with Crippen LogP contribution in [0.15, 0.2) is 18.2 Å². The lowest BCUT2D eigenvalue weighted by atomic mass is 9.65. The molecule has 2 bridgehead atoms. The van der Waals surface area contributed by atoms with Crippen LogP contribution in [0.4, 0.5) is 5.69 Å². The highest BCUT2D eigenvalue weighted by atomic mass is 16.2. The van der Waals surface area contributed by atoms with E-state index in [1.54, 1.807) is 0 Å². The van der Waals surface area contributed by atoms with Crippen LogP contribution in [-0.4, -0.2) is 53.3 Å². The average Bonchev–Trinajstić information content (AvgIpc) is 3.46. The van der Waals surface area contributed by atoms with Gasteiger partial charge in [0.1, 0.15) is 0 Å². The van der Waals surface area contributed by atoms with Gasteiger partial charge in [0.25, 0.3) is 0 Å². The summed E-state index contributed by atoms with van der Waals surface area (Å²) in [5, 5.41) is 3.08. The van der Waals surface area contributed by atoms with Crippen molar-refractivity contribution >= 4 is 17.5 Å². The van der Waals surface area contributed by atoms with Crippen LogP contribution in [0.1, 0.15) is 70.4 Å². The molecule has 2 amide bonds. The van der Waals surface area contributed by atoms with Gasteiger partial charge in [0.2, 0.25) is 11.8 Å². The molecule has 1 aromatic carbocycles. The number of nitrogens with zero attached hydrogens (tertiary/aromatic N) is 2. The third-order valence-corrected chi connectivity index (χ3v) is 7.43. The van der Waals surface area contributed by atoms with Crippen LogP contribution in [0.5, 0.6) is 0 Å². The quantitative estimate of drug-likeness (QED) is 0.699. The molecular weight excluding hydrogens is 386 g/mol. The van der Waals surface area contributed by atoms with Gasteiger partial charge in [-0.05, 0) is 74.0 Å². The van der Waals surface area contributed by atoms with Gasteiger partial charge < -0.3 is 10.2 Å². The second-order valence-corrected chi connectivity index (χ2v) is 11.6. The maximum absolute atomic E-state index is 13.1. The molecule has 5 nitrogen and oxygen atoms in total. The van der Waals surface area contributed by atoms with Gasteiger partial charge in [-0.25, -0.2) is 0 Å². The summed E-state index contributed by atoms with van der Waals surface area (Å²) in [5.74, 6) is 0.284. The number of fused-ring (bicyclic) bond motifs is 2. The normalized spacial score (nSPS) is 26.9. The van der Waals surface area contributed by atoms with E-state index in [4.69, 9.17) is 0 Å². The number of carbonyl (C=O) groups is 2. The van der Waals surface area contributed by atoms with E-state index in [1.807, 2.05) is 26.0 Å². The van der Waals surface area contributed by atoms with Crippen LogP contribution in [0.3, 0.4) is 0 Å². The number of rotatable bonds is 7. The highest BCUT2D eigenvalue weighted by Gasteiger charge is 2.50. The zero-order valence-electron chi connectivity index (χ0n) is 20.0. The second-order valence-electron chi connectivity index (χ2n) is 11.6. The van der Waals surface area contributed by atoms with Crippen LogP contribution >= 0.6 is 0 Å². The van der Waals surface area contributed by atoms with E-state index in [0.717, 1.165) is 49.0 Å². The smallest absolute Gasteiger partial charge is 0.238 e. The lowest BCUT2D eigenvalue weighted by Gasteiger charge is -2.39. The maximum Gasteiger partial charge on any atom is 0.238 e. The summed E-state index contributed by atoms with van der Waals surface area (Å²) in [4.78, 5) is 30.3. The summed E-state index contributed by atoms with van der Waals surface area (Å²) in [7, 11) is 0. The molecule has 1 saturated heterocycles. The molecule has 3 aliphatic rings. The van der Waals surface area contributed by atoms with Crippen LogP contribution in [0.2, 0.25) is 0 Å². The maximum atomic E-state index is 13.1. The van der Waals surface area contributed by atoms with Gasteiger partial charge >= 0.3 is 0 Å². The summed E-state index contributed by atoms with van der Waals surface area (Å²) >= 11 is 0. The topological polar surface area (TPSA) is 52.7 Å². The fraction of sp³-hybridized carbons (Fsp3) is 0.692. The number of hydrogen-bond donors (Lipinski definition) is 1. The van der Waals surface area contributed by atoms with E-state index in [0.29, 0.717) is 37.0 Å². The van der Waals surface area contributed by atoms with E-state index < -0.39 is 0 Å². The zero-order chi connectivity index (χ0) is 22.4. The number of anilines is 1. The van der Waals surface area contributed by atoms with Crippen molar-refractivity contribution in [2.24, 2.45) is 10.8 Å². The Kier molecular flexibility index (Phi) is 5.93. The Morgan fingerprint density at radius 3 is 2.61 bits per heavy atom. The molecule has 0 aromatic heterocycles. The van der Waals surface area contributed by atoms with Gasteiger partial charge in [0.15, 0.2) is 0 Å². The number of likely N-dealkylation sites (tertiary alicyclic amines) is 1. The standard InChI is InChI=1S/C26H39N3O2/c1-18-6-7-19(2)22(12-18)27-23(30)15-28(20-8-9-20)11-10-24(31)29-17-26(5)14-21(29)13-25(3,4)16-26/h6-7,12,20-21H,8-11,13-17H2,1-5H3,(H,27,30). The summed E-state index contributed by atoms with van der Waals surface area (Å²) < 4.78 is 0. The molecule has 1 N–H and O–H groups in total. The first-order valence-corrected chi connectivity index (χ1v) is 11.9. The third-order valence-electron chi connectivity index (χ3n) is 7.43. The fourth-order valence-electron chi connectivity index (χ4n) is 6.21. The Hall–Kier alpha value is -1.88. The Bertz CT molecular complexity index is 860. The summed E-state index contributed by atoms with van der Waals surface area (Å²) in [6.07, 6.45) is 6.23. The van der Waals surface area contributed by atoms with Crippen molar-refractivity contribution in [2.75, 3.05) is 25.0 Å². The van der Waals surface area contributed by atoms with E-state index in [9.17, 15) is 9.59 Å². The van der Waals surface area contributed by atoms with E-state index in [2.05, 4.69) is 42.0 Å². The van der Waals surface area contributed by atoms with Gasteiger partial charge in [-0.1, -0.05) is 32.9 Å². The zero-order valence-corrected chi connectivity index (χ0v) is 20.0. The van der Waals surface area contributed by atoms with Gasteiger partial charge in [0.05, 0.1) is 6.54 Å². The van der Waals surface area contributed by atoms with Crippen molar-refractivity contribution in [3.8, 4) is 0 Å². The number of hydrogen-bond acceptors (Lipinski definition) is 3. The molecule has 3 fully saturated rings. The van der Waals surface area contributed by atoms with E-state index >= 15 is 0 Å². The Labute approximate surface area is 187 Å². The van der Waals surface area contributed by atoms with Crippen molar-refractivity contribution < 1.29 is 9.59 Å². The van der Waals surface area contributed by atoms with Crippen molar-refractivity contribution in [3.05, 3.63) is 29.3 Å². The predicted octanol–water partition coefficient (Wildman–Crippen LogP) is 4.52. The third kappa shape index (κ3) is 5.31. The van der Waals surface area contributed by atoms with Crippen molar-refractivity contribution in [2.45, 2.75) is 85.2 Å². The Morgan fingerprint density at radius 2 is 1.90 bits per heavy atom. The summed E-state index contributed by atoms with van der Waals surface area (Å²) in [5.41, 5.74) is 3.68. The number of aryl methyl sites for hydroxylation is 2. The molecule has 2 saturated carbocycles. The number of benzene rings is 1. The molecule has 2 unspecified atom stereocenters. The number of nitrogens with one attached hydrogen (secondary N) is 1. The van der Waals surface area contributed by atoms with Crippen LogP contribution in [-0.2, 0) is 9.59 Å². The highest BCUT2D eigenvalue weighted by molar-refractivity contribution is 5.93. The molecule has 1 aliphatic heterocycles. The van der Waals surface area contributed by atoms with Gasteiger partial charge in [-0.3, -0.25) is 14.5 Å². The van der Waals surface area contributed by atoms with Crippen LogP contribution in [0.25, 0.3) is 0 Å². The highest BCUT2D eigenvalue weighted by Crippen LogP contribution is 2.52. The summed E-state index contributed by atoms with van der Waals surface area (Å²) in [6.45, 7) is 13.0. The minimum absolute atomic E-state index is 0.0133. The van der Waals surface area contributed by atoms with Crippen molar-refractivity contribution in [3.63, 3.8) is 0 Å². The summed E-state index contributed by atoms with van der Waals surface area (Å²) in [6, 6.07) is 6.96. The number of carbonyl (C=O) groups excluding carboxylic acids is 2. The molecule has 170 valence electrons. The molecule has 1 heterocycles. The largest absolute Gasteiger partial charge is 0.339 e. The molecular formula is C26H39N3O2. The minimum Gasteiger partial charge on any atom is -0.339 e. The Balaban J connectivity index is 1.32.